The zero-order valence-electron chi connectivity index (χ0n) is 12.0. The summed E-state index contributed by atoms with van der Waals surface area (Å²) >= 11 is 5.13. The van der Waals surface area contributed by atoms with Crippen molar-refractivity contribution in [3.8, 4) is 0 Å². The fourth-order valence-corrected chi connectivity index (χ4v) is 4.22. The molecule has 6 heteroatoms. The van der Waals surface area contributed by atoms with E-state index in [-0.39, 0.29) is 18.3 Å². The summed E-state index contributed by atoms with van der Waals surface area (Å²) in [5, 5.41) is 2.05. The summed E-state index contributed by atoms with van der Waals surface area (Å²) in [4.78, 5) is 15.7. The number of thiophene rings is 1. The highest BCUT2D eigenvalue weighted by atomic mass is 79.9. The molecule has 22 heavy (non-hydrogen) atoms. The minimum absolute atomic E-state index is 0. The number of amides is 1. The minimum Gasteiger partial charge on any atom is -0.398 e. The summed E-state index contributed by atoms with van der Waals surface area (Å²) in [5.41, 5.74) is 8.95. The van der Waals surface area contributed by atoms with Crippen LogP contribution in [0.3, 0.4) is 0 Å². The number of aryl methyl sites for hydroxylation is 1. The van der Waals surface area contributed by atoms with Gasteiger partial charge in [-0.15, -0.1) is 23.7 Å². The van der Waals surface area contributed by atoms with E-state index in [1.54, 1.807) is 11.3 Å². The minimum atomic E-state index is 0. The van der Waals surface area contributed by atoms with Crippen LogP contribution in [0.4, 0.5) is 11.4 Å². The standard InChI is InChI=1S/C16H17BrN2OS.ClH/c17-11-9-12(21-10-11)6-7-16(20)19-8-2-3-13-14(18)4-1-5-15(13)19;/h1,4-5,9-10H,2-3,6-8,18H2;1H. The van der Waals surface area contributed by atoms with E-state index in [2.05, 4.69) is 27.4 Å². The Labute approximate surface area is 149 Å². The van der Waals surface area contributed by atoms with Gasteiger partial charge in [0.25, 0.3) is 0 Å². The third kappa shape index (κ3) is 3.65. The summed E-state index contributed by atoms with van der Waals surface area (Å²) < 4.78 is 1.09. The molecule has 1 aliphatic heterocycles. The van der Waals surface area contributed by atoms with E-state index in [1.165, 1.54) is 4.88 Å². The largest absolute Gasteiger partial charge is 0.398 e. The van der Waals surface area contributed by atoms with Crippen LogP contribution in [0.2, 0.25) is 0 Å². The zero-order chi connectivity index (χ0) is 14.8. The normalized spacial score (nSPS) is 13.4. The Morgan fingerprint density at radius 2 is 2.23 bits per heavy atom. The van der Waals surface area contributed by atoms with Gasteiger partial charge in [0.15, 0.2) is 0 Å². The van der Waals surface area contributed by atoms with Crippen LogP contribution in [-0.2, 0) is 17.6 Å². The molecule has 0 radical (unpaired) electrons. The van der Waals surface area contributed by atoms with Crippen LogP contribution in [0.25, 0.3) is 0 Å². The first kappa shape index (κ1) is 17.3. The summed E-state index contributed by atoms with van der Waals surface area (Å²) in [7, 11) is 0. The third-order valence-electron chi connectivity index (χ3n) is 3.79. The maximum atomic E-state index is 12.5. The zero-order valence-corrected chi connectivity index (χ0v) is 15.3. The second-order valence-electron chi connectivity index (χ2n) is 5.23. The Bertz CT molecular complexity index is 674. The summed E-state index contributed by atoms with van der Waals surface area (Å²) in [6.45, 7) is 0.795. The lowest BCUT2D eigenvalue weighted by atomic mass is 9.99. The lowest BCUT2D eigenvalue weighted by Crippen LogP contribution is -2.35. The molecule has 0 bridgehead atoms. The second-order valence-corrected chi connectivity index (χ2v) is 7.14. The summed E-state index contributed by atoms with van der Waals surface area (Å²) in [5.74, 6) is 0.186. The third-order valence-corrected chi connectivity index (χ3v) is 5.55. The molecule has 0 saturated carbocycles. The fraction of sp³-hybridized carbons (Fsp3) is 0.312. The van der Waals surface area contributed by atoms with Gasteiger partial charge in [-0.05, 0) is 59.0 Å². The monoisotopic (exact) mass is 400 g/mol. The van der Waals surface area contributed by atoms with E-state index in [1.807, 2.05) is 23.1 Å². The first-order valence-corrected chi connectivity index (χ1v) is 8.73. The molecular weight excluding hydrogens is 384 g/mol. The molecule has 118 valence electrons. The average Bonchev–Trinajstić information content (AvgIpc) is 2.90. The number of nitrogens with two attached hydrogens (primary N) is 1. The van der Waals surface area contributed by atoms with Crippen molar-refractivity contribution in [1.29, 1.82) is 0 Å². The predicted octanol–water partition coefficient (Wildman–Crippen LogP) is 4.43. The predicted molar refractivity (Wildman–Crippen MR) is 99.1 cm³/mol. The number of fused-ring (bicyclic) bond motifs is 1. The van der Waals surface area contributed by atoms with E-state index >= 15 is 0 Å². The van der Waals surface area contributed by atoms with Crippen LogP contribution in [0.15, 0.2) is 34.1 Å². The lowest BCUT2D eigenvalue weighted by Gasteiger charge is -2.30. The molecule has 0 aliphatic carbocycles. The quantitative estimate of drug-likeness (QED) is 0.774. The van der Waals surface area contributed by atoms with Gasteiger partial charge < -0.3 is 10.6 Å². The van der Waals surface area contributed by atoms with Crippen molar-refractivity contribution >= 4 is 57.0 Å². The molecule has 0 fully saturated rings. The number of carbonyl (C=O) groups is 1. The lowest BCUT2D eigenvalue weighted by molar-refractivity contribution is -0.118. The number of nitrogens with zero attached hydrogens (tertiary/aromatic N) is 1. The second kappa shape index (κ2) is 7.49. The average molecular weight is 402 g/mol. The van der Waals surface area contributed by atoms with Crippen molar-refractivity contribution in [2.45, 2.75) is 25.7 Å². The van der Waals surface area contributed by atoms with E-state index in [0.717, 1.165) is 47.2 Å². The van der Waals surface area contributed by atoms with Crippen LogP contribution in [0.5, 0.6) is 0 Å². The number of rotatable bonds is 3. The number of hydrogen-bond donors (Lipinski definition) is 1. The van der Waals surface area contributed by atoms with Gasteiger partial charge in [0.2, 0.25) is 5.91 Å². The van der Waals surface area contributed by atoms with Crippen LogP contribution in [-0.4, -0.2) is 12.5 Å². The van der Waals surface area contributed by atoms with Gasteiger partial charge in [-0.25, -0.2) is 0 Å². The molecule has 0 atom stereocenters. The molecule has 2 heterocycles. The Morgan fingerprint density at radius 3 is 2.95 bits per heavy atom. The molecule has 1 aromatic carbocycles. The number of benzene rings is 1. The molecule has 0 spiro atoms. The fourth-order valence-electron chi connectivity index (χ4n) is 2.76. The molecule has 2 N–H and O–H groups in total. The van der Waals surface area contributed by atoms with Gasteiger partial charge in [-0.1, -0.05) is 6.07 Å². The van der Waals surface area contributed by atoms with E-state index in [9.17, 15) is 4.79 Å². The first-order valence-electron chi connectivity index (χ1n) is 7.06. The topological polar surface area (TPSA) is 46.3 Å². The smallest absolute Gasteiger partial charge is 0.227 e. The molecule has 1 aliphatic rings. The Kier molecular flexibility index (Phi) is 5.89. The molecule has 0 unspecified atom stereocenters. The van der Waals surface area contributed by atoms with Gasteiger partial charge in [-0.2, -0.15) is 0 Å². The van der Waals surface area contributed by atoms with Crippen molar-refractivity contribution in [3.63, 3.8) is 0 Å². The Balaban J connectivity index is 0.00000176. The van der Waals surface area contributed by atoms with Gasteiger partial charge in [-0.3, -0.25) is 4.79 Å². The summed E-state index contributed by atoms with van der Waals surface area (Å²) in [6.07, 6.45) is 3.28. The molecular formula is C16H18BrClN2OS. The highest BCUT2D eigenvalue weighted by Crippen LogP contribution is 2.32. The molecule has 1 aromatic heterocycles. The van der Waals surface area contributed by atoms with Gasteiger partial charge >= 0.3 is 0 Å². The Hall–Kier alpha value is -1.04. The highest BCUT2D eigenvalue weighted by molar-refractivity contribution is 9.10. The number of nitrogen functional groups attached to an aromatic ring is 1. The maximum Gasteiger partial charge on any atom is 0.227 e. The Morgan fingerprint density at radius 1 is 1.41 bits per heavy atom. The van der Waals surface area contributed by atoms with Crippen LogP contribution in [0.1, 0.15) is 23.3 Å². The van der Waals surface area contributed by atoms with Crippen molar-refractivity contribution in [2.24, 2.45) is 0 Å². The SMILES string of the molecule is Cl.Nc1cccc2c1CCCN2C(=O)CCc1cc(Br)cs1. The van der Waals surface area contributed by atoms with Gasteiger partial charge in [0, 0.05) is 39.1 Å². The summed E-state index contributed by atoms with van der Waals surface area (Å²) in [6, 6.07) is 7.93. The van der Waals surface area contributed by atoms with E-state index < -0.39 is 0 Å². The molecule has 3 rings (SSSR count). The van der Waals surface area contributed by atoms with Crippen LogP contribution >= 0.6 is 39.7 Å². The van der Waals surface area contributed by atoms with E-state index in [4.69, 9.17) is 5.73 Å². The van der Waals surface area contributed by atoms with Crippen molar-refractivity contribution < 1.29 is 4.79 Å². The highest BCUT2D eigenvalue weighted by Gasteiger charge is 2.23. The molecule has 0 saturated heterocycles. The number of hydrogen-bond acceptors (Lipinski definition) is 3. The van der Waals surface area contributed by atoms with Crippen LogP contribution < -0.4 is 10.6 Å². The van der Waals surface area contributed by atoms with E-state index in [0.29, 0.717) is 6.42 Å². The molecule has 3 nitrogen and oxygen atoms in total. The van der Waals surface area contributed by atoms with Crippen molar-refractivity contribution in [2.75, 3.05) is 17.2 Å². The van der Waals surface area contributed by atoms with Crippen molar-refractivity contribution in [1.82, 2.24) is 0 Å². The van der Waals surface area contributed by atoms with Gasteiger partial charge in [0.05, 0.1) is 0 Å². The molecule has 1 amide bonds. The number of anilines is 2. The number of halogens is 2. The van der Waals surface area contributed by atoms with Crippen LogP contribution in [0, 0.1) is 0 Å². The first-order chi connectivity index (χ1) is 10.1. The molecule has 2 aromatic rings. The number of carbonyl (C=O) groups excluding carboxylic acids is 1. The van der Waals surface area contributed by atoms with Gasteiger partial charge in [0.1, 0.15) is 0 Å². The maximum absolute atomic E-state index is 12.5. The van der Waals surface area contributed by atoms with Crippen molar-refractivity contribution in [3.05, 3.63) is 44.6 Å².